The van der Waals surface area contributed by atoms with Crippen LogP contribution in [0.1, 0.15) is 21.7 Å². The molecule has 0 unspecified atom stereocenters. The zero-order chi connectivity index (χ0) is 24.2. The van der Waals surface area contributed by atoms with E-state index in [-0.39, 0.29) is 11.6 Å². The number of nitrogen functional groups attached to an aromatic ring is 1. The van der Waals surface area contributed by atoms with E-state index in [1.54, 1.807) is 31.6 Å². The van der Waals surface area contributed by atoms with Crippen LogP contribution in [0.3, 0.4) is 0 Å². The topological polar surface area (TPSA) is 87.4 Å². The first-order valence-corrected chi connectivity index (χ1v) is 10.9. The number of alkyl halides is 3. The molecule has 2 heterocycles. The Bertz CT molecular complexity index is 1100. The van der Waals surface area contributed by atoms with Gasteiger partial charge in [0.2, 0.25) is 5.95 Å². The highest BCUT2D eigenvalue weighted by Crippen LogP contribution is 2.36. The Labute approximate surface area is 194 Å². The summed E-state index contributed by atoms with van der Waals surface area (Å²) in [5, 5.41) is 2.66. The minimum atomic E-state index is -4.52. The van der Waals surface area contributed by atoms with E-state index < -0.39 is 17.6 Å². The highest BCUT2D eigenvalue weighted by Gasteiger charge is 2.31. The number of carbonyl (C=O) groups excluding carboxylic acids is 1. The van der Waals surface area contributed by atoms with Crippen LogP contribution in [0.4, 0.5) is 30.5 Å². The number of benzene rings is 1. The quantitative estimate of drug-likeness (QED) is 0.498. The SMILES string of the molecule is CN(C)CCCN(C)c1ccc(C(F)(F)F)cc1NC(=O)c1ccc(-c2cnc(N)nc2)s1. The summed E-state index contributed by atoms with van der Waals surface area (Å²) in [6, 6.07) is 6.73. The van der Waals surface area contributed by atoms with Gasteiger partial charge in [-0.3, -0.25) is 4.79 Å². The fourth-order valence-electron chi connectivity index (χ4n) is 3.15. The van der Waals surface area contributed by atoms with Crippen LogP contribution in [0.5, 0.6) is 0 Å². The first kappa shape index (κ1) is 24.5. The van der Waals surface area contributed by atoms with Crippen molar-refractivity contribution in [1.29, 1.82) is 0 Å². The van der Waals surface area contributed by atoms with Gasteiger partial charge in [-0.15, -0.1) is 11.3 Å². The molecule has 0 atom stereocenters. The van der Waals surface area contributed by atoms with Crippen molar-refractivity contribution in [3.8, 4) is 10.4 Å². The summed E-state index contributed by atoms with van der Waals surface area (Å²) < 4.78 is 40.0. The fourth-order valence-corrected chi connectivity index (χ4v) is 4.03. The van der Waals surface area contributed by atoms with Crippen molar-refractivity contribution in [1.82, 2.24) is 14.9 Å². The molecule has 3 N–H and O–H groups in total. The number of nitrogens with zero attached hydrogens (tertiary/aromatic N) is 4. The number of aromatic nitrogens is 2. The summed E-state index contributed by atoms with van der Waals surface area (Å²) >= 11 is 1.19. The normalized spacial score (nSPS) is 11.6. The minimum absolute atomic E-state index is 0.105. The standard InChI is InChI=1S/C22H25F3N6OS/c1-30(2)9-4-10-31(3)17-6-5-15(22(23,24)25)11-16(17)29-20(32)19-8-7-18(33-19)14-12-27-21(26)28-13-14/h5-8,11-13H,4,9-10H2,1-3H3,(H,29,32)(H2,26,27,28). The van der Waals surface area contributed by atoms with E-state index in [4.69, 9.17) is 5.73 Å². The molecular weight excluding hydrogens is 453 g/mol. The van der Waals surface area contributed by atoms with E-state index in [2.05, 4.69) is 15.3 Å². The molecule has 11 heteroatoms. The third kappa shape index (κ3) is 6.42. The Balaban J connectivity index is 1.84. The van der Waals surface area contributed by atoms with Crippen molar-refractivity contribution in [3.05, 3.63) is 53.2 Å². The van der Waals surface area contributed by atoms with Gasteiger partial charge in [0.1, 0.15) is 0 Å². The van der Waals surface area contributed by atoms with Crippen molar-refractivity contribution in [2.75, 3.05) is 50.2 Å². The van der Waals surface area contributed by atoms with Gasteiger partial charge >= 0.3 is 6.18 Å². The number of halogens is 3. The van der Waals surface area contributed by atoms with Gasteiger partial charge in [-0.25, -0.2) is 9.97 Å². The molecule has 0 radical (unpaired) electrons. The number of hydrogen-bond donors (Lipinski definition) is 2. The average molecular weight is 479 g/mol. The van der Waals surface area contributed by atoms with E-state index in [9.17, 15) is 18.0 Å². The lowest BCUT2D eigenvalue weighted by Crippen LogP contribution is -2.25. The van der Waals surface area contributed by atoms with Crippen LogP contribution in [-0.4, -0.2) is 55.0 Å². The number of rotatable bonds is 8. The molecule has 0 fully saturated rings. The van der Waals surface area contributed by atoms with Crippen molar-refractivity contribution < 1.29 is 18.0 Å². The van der Waals surface area contributed by atoms with E-state index in [1.165, 1.54) is 17.4 Å². The van der Waals surface area contributed by atoms with E-state index >= 15 is 0 Å². The van der Waals surface area contributed by atoms with Gasteiger partial charge in [-0.1, -0.05) is 0 Å². The van der Waals surface area contributed by atoms with Gasteiger partial charge in [-0.05, 0) is 57.4 Å². The highest BCUT2D eigenvalue weighted by molar-refractivity contribution is 7.17. The summed E-state index contributed by atoms with van der Waals surface area (Å²) in [5.74, 6) is -0.357. The zero-order valence-corrected chi connectivity index (χ0v) is 19.3. The molecule has 7 nitrogen and oxygen atoms in total. The van der Waals surface area contributed by atoms with Crippen LogP contribution in [0.25, 0.3) is 10.4 Å². The summed E-state index contributed by atoms with van der Waals surface area (Å²) in [6.07, 6.45) is -0.616. The Morgan fingerprint density at radius 2 is 1.79 bits per heavy atom. The Kier molecular flexibility index (Phi) is 7.54. The number of amides is 1. The predicted octanol–water partition coefficient (Wildman–Crippen LogP) is 4.45. The van der Waals surface area contributed by atoms with Crippen molar-refractivity contribution >= 4 is 34.6 Å². The molecule has 1 amide bonds. The minimum Gasteiger partial charge on any atom is -0.373 e. The zero-order valence-electron chi connectivity index (χ0n) is 18.5. The van der Waals surface area contributed by atoms with Crippen LogP contribution in [0.15, 0.2) is 42.7 Å². The number of carbonyl (C=O) groups is 1. The first-order chi connectivity index (χ1) is 15.5. The molecule has 33 heavy (non-hydrogen) atoms. The lowest BCUT2D eigenvalue weighted by atomic mass is 10.1. The third-order valence-corrected chi connectivity index (χ3v) is 6.00. The summed E-state index contributed by atoms with van der Waals surface area (Å²) in [4.78, 5) is 25.7. The third-order valence-electron chi connectivity index (χ3n) is 4.87. The van der Waals surface area contributed by atoms with Gasteiger partial charge in [0.05, 0.1) is 21.8 Å². The lowest BCUT2D eigenvalue weighted by Gasteiger charge is -2.24. The molecule has 0 aliphatic rings. The van der Waals surface area contributed by atoms with Crippen LogP contribution in [0, 0.1) is 0 Å². The molecule has 176 valence electrons. The number of thiophene rings is 1. The van der Waals surface area contributed by atoms with Crippen LogP contribution in [-0.2, 0) is 6.18 Å². The smallest absolute Gasteiger partial charge is 0.373 e. The molecule has 2 aromatic heterocycles. The van der Waals surface area contributed by atoms with E-state index in [1.807, 2.05) is 23.9 Å². The highest BCUT2D eigenvalue weighted by atomic mass is 32.1. The lowest BCUT2D eigenvalue weighted by molar-refractivity contribution is -0.137. The Morgan fingerprint density at radius 1 is 1.09 bits per heavy atom. The molecule has 0 bridgehead atoms. The average Bonchev–Trinajstić information content (AvgIpc) is 3.23. The summed E-state index contributed by atoms with van der Waals surface area (Å²) in [6.45, 7) is 1.45. The molecule has 0 aliphatic carbocycles. The predicted molar refractivity (Wildman–Crippen MR) is 126 cm³/mol. The summed E-state index contributed by atoms with van der Waals surface area (Å²) in [5.41, 5.74) is 5.98. The maximum absolute atomic E-state index is 13.3. The Hall–Kier alpha value is -3.18. The van der Waals surface area contributed by atoms with E-state index in [0.29, 0.717) is 22.7 Å². The molecule has 0 spiro atoms. The van der Waals surface area contributed by atoms with Crippen LogP contribution in [0.2, 0.25) is 0 Å². The number of nitrogens with two attached hydrogens (primary N) is 1. The van der Waals surface area contributed by atoms with Crippen molar-refractivity contribution in [2.45, 2.75) is 12.6 Å². The van der Waals surface area contributed by atoms with Crippen LogP contribution < -0.4 is 16.0 Å². The first-order valence-electron chi connectivity index (χ1n) is 10.1. The second-order valence-corrected chi connectivity index (χ2v) is 8.84. The number of anilines is 3. The summed E-state index contributed by atoms with van der Waals surface area (Å²) in [7, 11) is 5.70. The van der Waals surface area contributed by atoms with Gasteiger partial charge in [-0.2, -0.15) is 13.2 Å². The largest absolute Gasteiger partial charge is 0.416 e. The van der Waals surface area contributed by atoms with Crippen molar-refractivity contribution in [2.24, 2.45) is 0 Å². The number of hydrogen-bond acceptors (Lipinski definition) is 7. The van der Waals surface area contributed by atoms with Gasteiger partial charge in [0.15, 0.2) is 0 Å². The van der Waals surface area contributed by atoms with Gasteiger partial charge in [0, 0.05) is 36.4 Å². The second-order valence-electron chi connectivity index (χ2n) is 7.76. The van der Waals surface area contributed by atoms with Crippen LogP contribution >= 0.6 is 11.3 Å². The molecule has 3 aromatic rings. The maximum atomic E-state index is 13.3. The van der Waals surface area contributed by atoms with Gasteiger partial charge in [0.25, 0.3) is 5.91 Å². The van der Waals surface area contributed by atoms with Gasteiger partial charge < -0.3 is 20.9 Å². The van der Waals surface area contributed by atoms with Crippen molar-refractivity contribution in [3.63, 3.8) is 0 Å². The molecule has 1 aromatic carbocycles. The molecule has 3 rings (SSSR count). The van der Waals surface area contributed by atoms with E-state index in [0.717, 1.165) is 30.0 Å². The monoisotopic (exact) mass is 478 g/mol. The fraction of sp³-hybridized carbons (Fsp3) is 0.318. The Morgan fingerprint density at radius 3 is 2.42 bits per heavy atom. The number of nitrogens with one attached hydrogen (secondary N) is 1. The molecular formula is C22H25F3N6OS. The molecule has 0 saturated heterocycles. The molecule has 0 saturated carbocycles. The molecule has 0 aliphatic heterocycles. The maximum Gasteiger partial charge on any atom is 0.416 e. The second kappa shape index (κ2) is 10.2.